The first kappa shape index (κ1) is 25.0. The normalized spacial score (nSPS) is 19.1. The van der Waals surface area contributed by atoms with E-state index in [1.807, 2.05) is 67.4 Å². The van der Waals surface area contributed by atoms with Gasteiger partial charge in [-0.3, -0.25) is 9.59 Å². The monoisotopic (exact) mass is 510 g/mol. The second-order valence-corrected chi connectivity index (χ2v) is 10.6. The number of amidine groups is 1. The minimum atomic E-state index is -0.569. The summed E-state index contributed by atoms with van der Waals surface area (Å²) in [5.41, 5.74) is 7.41. The molecule has 2 aliphatic heterocycles. The molecular weight excluding hydrogens is 480 g/mol. The van der Waals surface area contributed by atoms with E-state index in [0.717, 1.165) is 40.1 Å². The number of hydrogen-bond donors (Lipinski definition) is 1. The molecule has 0 spiro atoms. The molecule has 188 valence electrons. The molecule has 1 N–H and O–H groups in total. The number of benzene rings is 3. The summed E-state index contributed by atoms with van der Waals surface area (Å²) < 4.78 is 0. The van der Waals surface area contributed by atoms with Crippen LogP contribution >= 0.6 is 11.8 Å². The molecule has 5 rings (SSSR count). The van der Waals surface area contributed by atoms with E-state index in [-0.39, 0.29) is 24.3 Å². The maximum Gasteiger partial charge on any atom is 0.262 e. The zero-order valence-electron chi connectivity index (χ0n) is 21.3. The quantitative estimate of drug-likeness (QED) is 0.439. The van der Waals surface area contributed by atoms with Crippen LogP contribution in [0.25, 0.3) is 0 Å². The van der Waals surface area contributed by atoms with Crippen molar-refractivity contribution in [2.45, 2.75) is 51.3 Å². The van der Waals surface area contributed by atoms with Gasteiger partial charge in [-0.25, -0.2) is 5.01 Å². The minimum absolute atomic E-state index is 0.0579. The predicted octanol–water partition coefficient (Wildman–Crippen LogP) is 6.04. The van der Waals surface area contributed by atoms with Gasteiger partial charge in [-0.1, -0.05) is 79.3 Å². The fraction of sp³-hybridized carbons (Fsp3) is 0.267. The Morgan fingerprint density at radius 3 is 2.49 bits per heavy atom. The van der Waals surface area contributed by atoms with Gasteiger partial charge in [0.05, 0.1) is 11.8 Å². The van der Waals surface area contributed by atoms with Crippen LogP contribution in [0.15, 0.2) is 82.9 Å². The third kappa shape index (κ3) is 5.52. The van der Waals surface area contributed by atoms with E-state index in [1.54, 1.807) is 0 Å². The Kier molecular flexibility index (Phi) is 7.24. The van der Waals surface area contributed by atoms with Crippen molar-refractivity contribution in [3.63, 3.8) is 0 Å². The second kappa shape index (κ2) is 10.7. The third-order valence-corrected chi connectivity index (χ3v) is 8.02. The van der Waals surface area contributed by atoms with Crippen LogP contribution in [0.4, 0.5) is 5.69 Å². The molecule has 3 aromatic carbocycles. The van der Waals surface area contributed by atoms with Gasteiger partial charge in [-0.2, -0.15) is 10.1 Å². The van der Waals surface area contributed by atoms with Crippen LogP contribution in [0.2, 0.25) is 0 Å². The first-order valence-electron chi connectivity index (χ1n) is 12.6. The molecule has 0 bridgehead atoms. The summed E-state index contributed by atoms with van der Waals surface area (Å²) in [7, 11) is 0. The lowest BCUT2D eigenvalue weighted by atomic mass is 9.97. The standard InChI is InChI=1S/C30H30N4O2S/c1-4-21-11-13-23(14-12-21)26-17-25(22-8-6-5-7-9-22)33-34(26)30-32-29(36)27(37-30)18-28(35)31-24-15-10-19(2)20(3)16-24/h5-16,26-27H,4,17-18H2,1-3H3,(H,31,35)/t26-,27+/m1/s1. The molecule has 0 aromatic heterocycles. The largest absolute Gasteiger partial charge is 0.326 e. The number of amides is 2. The molecule has 7 heteroatoms. The van der Waals surface area contributed by atoms with Gasteiger partial charge in [0.2, 0.25) is 5.91 Å². The number of carbonyl (C=O) groups is 2. The number of rotatable bonds is 6. The van der Waals surface area contributed by atoms with Gasteiger partial charge in [0.1, 0.15) is 5.25 Å². The molecule has 2 heterocycles. The molecule has 2 aliphatic rings. The number of hydrazone groups is 1. The Bertz CT molecular complexity index is 1380. The maximum atomic E-state index is 12.8. The molecule has 2 amide bonds. The van der Waals surface area contributed by atoms with Gasteiger partial charge in [0.25, 0.3) is 5.91 Å². The van der Waals surface area contributed by atoms with Crippen LogP contribution in [0.3, 0.4) is 0 Å². The van der Waals surface area contributed by atoms with Gasteiger partial charge in [0.15, 0.2) is 5.17 Å². The molecule has 0 fully saturated rings. The molecule has 2 atom stereocenters. The summed E-state index contributed by atoms with van der Waals surface area (Å²) in [6.07, 6.45) is 1.74. The number of nitrogens with one attached hydrogen (secondary N) is 1. The Morgan fingerprint density at radius 2 is 1.78 bits per heavy atom. The highest BCUT2D eigenvalue weighted by molar-refractivity contribution is 8.15. The van der Waals surface area contributed by atoms with Crippen molar-refractivity contribution in [3.05, 3.63) is 101 Å². The van der Waals surface area contributed by atoms with Crippen LogP contribution < -0.4 is 5.32 Å². The predicted molar refractivity (Wildman–Crippen MR) is 151 cm³/mol. The van der Waals surface area contributed by atoms with E-state index in [0.29, 0.717) is 11.6 Å². The summed E-state index contributed by atoms with van der Waals surface area (Å²) >= 11 is 1.32. The van der Waals surface area contributed by atoms with E-state index in [1.165, 1.54) is 17.3 Å². The lowest BCUT2D eigenvalue weighted by Gasteiger charge is -2.23. The van der Waals surface area contributed by atoms with E-state index >= 15 is 0 Å². The average Bonchev–Trinajstić information content (AvgIpc) is 3.51. The highest BCUT2D eigenvalue weighted by atomic mass is 32.2. The van der Waals surface area contributed by atoms with Crippen molar-refractivity contribution in [2.75, 3.05) is 5.32 Å². The molecule has 0 saturated heterocycles. The zero-order chi connectivity index (χ0) is 25.9. The molecule has 0 unspecified atom stereocenters. The summed E-state index contributed by atoms with van der Waals surface area (Å²) in [6.45, 7) is 6.18. The third-order valence-electron chi connectivity index (χ3n) is 6.88. The molecule has 6 nitrogen and oxygen atoms in total. The van der Waals surface area contributed by atoms with Crippen molar-refractivity contribution in [1.29, 1.82) is 0 Å². The number of carbonyl (C=O) groups excluding carboxylic acids is 2. The van der Waals surface area contributed by atoms with Crippen LogP contribution in [0.1, 0.15) is 53.6 Å². The van der Waals surface area contributed by atoms with Crippen LogP contribution in [0, 0.1) is 13.8 Å². The molecule has 3 aromatic rings. The molecule has 0 aliphatic carbocycles. The average molecular weight is 511 g/mol. The maximum absolute atomic E-state index is 12.8. The van der Waals surface area contributed by atoms with E-state index < -0.39 is 5.25 Å². The number of thioether (sulfide) groups is 1. The SMILES string of the molecule is CCc1ccc([C@H]2CC(c3ccccc3)=NN2C2=NC(=O)[C@H](CC(=O)Nc3ccc(C)c(C)c3)S2)cc1. The zero-order valence-corrected chi connectivity index (χ0v) is 22.1. The smallest absolute Gasteiger partial charge is 0.262 e. The highest BCUT2D eigenvalue weighted by Gasteiger charge is 2.39. The highest BCUT2D eigenvalue weighted by Crippen LogP contribution is 2.38. The van der Waals surface area contributed by atoms with Crippen molar-refractivity contribution >= 4 is 40.1 Å². The minimum Gasteiger partial charge on any atom is -0.326 e. The summed E-state index contributed by atoms with van der Waals surface area (Å²) in [4.78, 5) is 30.0. The van der Waals surface area contributed by atoms with Gasteiger partial charge >= 0.3 is 0 Å². The van der Waals surface area contributed by atoms with Gasteiger partial charge in [-0.15, -0.1) is 0 Å². The van der Waals surface area contributed by atoms with Crippen molar-refractivity contribution in [1.82, 2.24) is 5.01 Å². The number of aliphatic imine (C=N–C) groups is 1. The molecule has 0 saturated carbocycles. The topological polar surface area (TPSA) is 74.1 Å². The fourth-order valence-electron chi connectivity index (χ4n) is 4.53. The number of anilines is 1. The fourth-order valence-corrected chi connectivity index (χ4v) is 5.59. The van der Waals surface area contributed by atoms with Crippen molar-refractivity contribution in [3.8, 4) is 0 Å². The Labute approximate surface area is 221 Å². The van der Waals surface area contributed by atoms with E-state index in [4.69, 9.17) is 5.10 Å². The lowest BCUT2D eigenvalue weighted by molar-refractivity contribution is -0.121. The number of aryl methyl sites for hydroxylation is 3. The van der Waals surface area contributed by atoms with E-state index in [2.05, 4.69) is 41.5 Å². The summed E-state index contributed by atoms with van der Waals surface area (Å²) in [6, 6.07) is 24.4. The van der Waals surface area contributed by atoms with Crippen molar-refractivity contribution < 1.29 is 9.59 Å². The van der Waals surface area contributed by atoms with Crippen LogP contribution in [-0.4, -0.2) is 33.0 Å². The Balaban J connectivity index is 1.34. The molecular formula is C30H30N4O2S. The van der Waals surface area contributed by atoms with Gasteiger partial charge in [0, 0.05) is 18.5 Å². The van der Waals surface area contributed by atoms with E-state index in [9.17, 15) is 9.59 Å². The first-order valence-corrected chi connectivity index (χ1v) is 13.5. The summed E-state index contributed by atoms with van der Waals surface area (Å²) in [5, 5.41) is 9.68. The first-order chi connectivity index (χ1) is 17.9. The number of hydrogen-bond acceptors (Lipinski definition) is 5. The lowest BCUT2D eigenvalue weighted by Crippen LogP contribution is -2.25. The van der Waals surface area contributed by atoms with Crippen molar-refractivity contribution in [2.24, 2.45) is 10.1 Å². The number of nitrogens with zero attached hydrogens (tertiary/aromatic N) is 3. The molecule has 37 heavy (non-hydrogen) atoms. The Hall–Kier alpha value is -3.71. The van der Waals surface area contributed by atoms with Crippen LogP contribution in [-0.2, 0) is 16.0 Å². The second-order valence-electron chi connectivity index (χ2n) is 9.46. The van der Waals surface area contributed by atoms with Crippen LogP contribution in [0.5, 0.6) is 0 Å². The molecule has 0 radical (unpaired) electrons. The Morgan fingerprint density at radius 1 is 1.03 bits per heavy atom. The van der Waals surface area contributed by atoms with Gasteiger partial charge in [-0.05, 0) is 60.2 Å². The van der Waals surface area contributed by atoms with Gasteiger partial charge < -0.3 is 5.32 Å². The summed E-state index contributed by atoms with van der Waals surface area (Å²) in [5.74, 6) is -0.495.